The Morgan fingerprint density at radius 1 is 1.27 bits per heavy atom. The van der Waals surface area contributed by atoms with Crippen molar-refractivity contribution in [3.63, 3.8) is 0 Å². The van der Waals surface area contributed by atoms with Crippen LogP contribution in [0.5, 0.6) is 5.75 Å². The lowest BCUT2D eigenvalue weighted by Crippen LogP contribution is -1.79. The molecule has 1 rings (SSSR count). The summed E-state index contributed by atoms with van der Waals surface area (Å²) in [6.45, 7) is 0. The van der Waals surface area contributed by atoms with Gasteiger partial charge in [-0.1, -0.05) is 4.63 Å². The molecule has 0 N–H and O–H groups in total. The molecule has 1 aromatic carbocycles. The minimum absolute atomic E-state index is 0.709. The smallest absolute Gasteiger partial charge is 0.119 e. The summed E-state index contributed by atoms with van der Waals surface area (Å²) in [7, 11) is 1.61. The molecule has 0 unspecified atom stereocenters. The SMILES string of the molecule is COc1ccc(N=NCl)cc1. The van der Waals surface area contributed by atoms with Crippen molar-refractivity contribution in [3.05, 3.63) is 24.3 Å². The fourth-order valence-electron chi connectivity index (χ4n) is 0.693. The summed E-state index contributed by atoms with van der Waals surface area (Å²) in [6, 6.07) is 7.12. The third kappa shape index (κ3) is 2.20. The molecule has 0 aromatic heterocycles. The quantitative estimate of drug-likeness (QED) is 0.629. The Labute approximate surface area is 69.8 Å². The van der Waals surface area contributed by atoms with Crippen LogP contribution in [0.4, 0.5) is 5.69 Å². The van der Waals surface area contributed by atoms with Gasteiger partial charge in [-0.05, 0) is 24.3 Å². The number of hydrogen-bond donors (Lipinski definition) is 0. The van der Waals surface area contributed by atoms with Gasteiger partial charge in [0.15, 0.2) is 0 Å². The van der Waals surface area contributed by atoms with Crippen LogP contribution < -0.4 is 4.74 Å². The largest absolute Gasteiger partial charge is 0.497 e. The number of rotatable bonds is 2. The molecule has 0 atom stereocenters. The molecule has 0 saturated heterocycles. The molecule has 0 radical (unpaired) electrons. The lowest BCUT2D eigenvalue weighted by molar-refractivity contribution is 0.415. The van der Waals surface area contributed by atoms with E-state index >= 15 is 0 Å². The number of hydrogen-bond acceptors (Lipinski definition) is 3. The molecular formula is C7H7ClN2O. The Balaban J connectivity index is 2.82. The molecule has 58 valence electrons. The van der Waals surface area contributed by atoms with E-state index in [1.807, 2.05) is 0 Å². The predicted molar refractivity (Wildman–Crippen MR) is 43.4 cm³/mol. The van der Waals surface area contributed by atoms with Crippen molar-refractivity contribution in [3.8, 4) is 5.75 Å². The van der Waals surface area contributed by atoms with Gasteiger partial charge >= 0.3 is 0 Å². The van der Waals surface area contributed by atoms with Crippen molar-refractivity contribution in [1.29, 1.82) is 0 Å². The zero-order chi connectivity index (χ0) is 8.10. The fourth-order valence-corrected chi connectivity index (χ4v) is 0.780. The Hall–Kier alpha value is -1.09. The fraction of sp³-hybridized carbons (Fsp3) is 0.143. The Bertz CT molecular complexity index is 245. The molecule has 0 aliphatic carbocycles. The first-order chi connectivity index (χ1) is 5.36. The summed E-state index contributed by atoms with van der Waals surface area (Å²) in [4.78, 5) is 0. The second-order valence-corrected chi connectivity index (χ2v) is 2.02. The molecule has 0 spiro atoms. The van der Waals surface area contributed by atoms with Crippen LogP contribution in [0.3, 0.4) is 0 Å². The monoisotopic (exact) mass is 170 g/mol. The number of halogens is 1. The van der Waals surface area contributed by atoms with Gasteiger partial charge in [0.25, 0.3) is 0 Å². The molecule has 0 fully saturated rings. The van der Waals surface area contributed by atoms with Gasteiger partial charge in [0.05, 0.1) is 24.6 Å². The topological polar surface area (TPSA) is 34.0 Å². The van der Waals surface area contributed by atoms with Crippen LogP contribution >= 0.6 is 11.8 Å². The molecule has 0 amide bonds. The van der Waals surface area contributed by atoms with Gasteiger partial charge in [-0.3, -0.25) is 0 Å². The van der Waals surface area contributed by atoms with Crippen molar-refractivity contribution < 1.29 is 4.74 Å². The zero-order valence-corrected chi connectivity index (χ0v) is 6.75. The van der Waals surface area contributed by atoms with E-state index in [9.17, 15) is 0 Å². The molecule has 0 saturated carbocycles. The zero-order valence-electron chi connectivity index (χ0n) is 5.99. The molecule has 3 nitrogen and oxygen atoms in total. The van der Waals surface area contributed by atoms with Crippen molar-refractivity contribution in [1.82, 2.24) is 0 Å². The third-order valence-corrected chi connectivity index (χ3v) is 1.30. The van der Waals surface area contributed by atoms with Crippen molar-refractivity contribution in [2.24, 2.45) is 9.75 Å². The number of nitrogens with zero attached hydrogens (tertiary/aromatic N) is 2. The lowest BCUT2D eigenvalue weighted by atomic mass is 10.3. The molecule has 0 heterocycles. The highest BCUT2D eigenvalue weighted by atomic mass is 35.5. The second kappa shape index (κ2) is 3.93. The van der Waals surface area contributed by atoms with Gasteiger partial charge < -0.3 is 4.74 Å². The van der Waals surface area contributed by atoms with E-state index in [0.717, 1.165) is 5.75 Å². The predicted octanol–water partition coefficient (Wildman–Crippen LogP) is 2.93. The number of ether oxygens (including phenoxy) is 1. The maximum Gasteiger partial charge on any atom is 0.119 e. The van der Waals surface area contributed by atoms with Crippen LogP contribution in [0.25, 0.3) is 0 Å². The molecule has 11 heavy (non-hydrogen) atoms. The first-order valence-corrected chi connectivity index (χ1v) is 3.36. The van der Waals surface area contributed by atoms with Crippen LogP contribution in [-0.2, 0) is 0 Å². The van der Waals surface area contributed by atoms with Crippen molar-refractivity contribution >= 4 is 17.5 Å². The van der Waals surface area contributed by atoms with Crippen molar-refractivity contribution in [2.45, 2.75) is 0 Å². The summed E-state index contributed by atoms with van der Waals surface area (Å²) in [5.74, 6) is 0.790. The van der Waals surface area contributed by atoms with Gasteiger partial charge in [0.2, 0.25) is 0 Å². The maximum absolute atomic E-state index is 5.04. The maximum atomic E-state index is 5.04. The normalized spacial score (nSPS) is 10.4. The molecular weight excluding hydrogens is 164 g/mol. The highest BCUT2D eigenvalue weighted by molar-refractivity contribution is 6.14. The van der Waals surface area contributed by atoms with Crippen LogP contribution in [-0.4, -0.2) is 7.11 Å². The minimum atomic E-state index is 0.709. The van der Waals surface area contributed by atoms with E-state index in [2.05, 4.69) is 9.75 Å². The molecule has 0 aliphatic heterocycles. The van der Waals surface area contributed by atoms with Gasteiger partial charge in [-0.15, -0.1) is 5.11 Å². The van der Waals surface area contributed by atoms with E-state index in [4.69, 9.17) is 16.5 Å². The standard InChI is InChI=1S/C7H7ClN2O/c1-11-7-4-2-6(3-5-7)9-10-8/h2-5H,1H3. The van der Waals surface area contributed by atoms with Crippen LogP contribution in [0.15, 0.2) is 34.0 Å². The van der Waals surface area contributed by atoms with Gasteiger partial charge in [0.1, 0.15) is 5.75 Å². The van der Waals surface area contributed by atoms with Crippen LogP contribution in [0.2, 0.25) is 0 Å². The average Bonchev–Trinajstić information content (AvgIpc) is 2.07. The Morgan fingerprint density at radius 2 is 1.91 bits per heavy atom. The summed E-state index contributed by atoms with van der Waals surface area (Å²) >= 11 is 5.04. The second-order valence-electron chi connectivity index (χ2n) is 1.87. The third-order valence-electron chi connectivity index (χ3n) is 1.23. The van der Waals surface area contributed by atoms with Gasteiger partial charge in [0, 0.05) is 0 Å². The summed E-state index contributed by atoms with van der Waals surface area (Å²) < 4.78 is 8.06. The van der Waals surface area contributed by atoms with E-state index in [0.29, 0.717) is 5.69 Å². The molecule has 1 aromatic rings. The first-order valence-electron chi connectivity index (χ1n) is 3.03. The highest BCUT2D eigenvalue weighted by Crippen LogP contribution is 2.17. The molecule has 0 bridgehead atoms. The van der Waals surface area contributed by atoms with Crippen LogP contribution in [0, 0.1) is 0 Å². The summed E-state index contributed by atoms with van der Waals surface area (Å²) in [5.41, 5.74) is 0.709. The average molecular weight is 171 g/mol. The van der Waals surface area contributed by atoms with Crippen LogP contribution in [0.1, 0.15) is 0 Å². The van der Waals surface area contributed by atoms with Gasteiger partial charge in [-0.2, -0.15) is 0 Å². The first kappa shape index (κ1) is 8.01. The lowest BCUT2D eigenvalue weighted by Gasteiger charge is -1.96. The minimum Gasteiger partial charge on any atom is -0.497 e. The highest BCUT2D eigenvalue weighted by Gasteiger charge is 1.90. The van der Waals surface area contributed by atoms with E-state index < -0.39 is 0 Å². The van der Waals surface area contributed by atoms with E-state index in [1.165, 1.54) is 0 Å². The Kier molecular flexibility index (Phi) is 2.86. The number of methoxy groups -OCH3 is 1. The molecule has 0 aliphatic rings. The Morgan fingerprint density at radius 3 is 2.36 bits per heavy atom. The van der Waals surface area contributed by atoms with Gasteiger partial charge in [-0.25, -0.2) is 0 Å². The summed E-state index contributed by atoms with van der Waals surface area (Å²) in [5, 5.41) is 3.62. The summed E-state index contributed by atoms with van der Waals surface area (Å²) in [6.07, 6.45) is 0. The van der Waals surface area contributed by atoms with Crippen molar-refractivity contribution in [2.75, 3.05) is 7.11 Å². The number of benzene rings is 1. The molecule has 4 heteroatoms. The van der Waals surface area contributed by atoms with E-state index in [1.54, 1.807) is 31.4 Å². The van der Waals surface area contributed by atoms with E-state index in [-0.39, 0.29) is 0 Å².